The summed E-state index contributed by atoms with van der Waals surface area (Å²) in [5.74, 6) is 1.73. The molecule has 1 aromatic heterocycles. The van der Waals surface area contributed by atoms with Gasteiger partial charge in [-0.15, -0.1) is 16.8 Å². The second kappa shape index (κ2) is 6.38. The lowest BCUT2D eigenvalue weighted by atomic mass is 10.2. The zero-order valence-corrected chi connectivity index (χ0v) is 11.9. The molecule has 0 atom stereocenters. The third-order valence-corrected chi connectivity index (χ3v) is 3.71. The standard InChI is InChI=1S/C15H17N3S/c1-4-10-18-14(13-8-6-5-7-9-13)16-17-15(18)19-11-12(2)3/h4-9H,1-2,10-11H2,3H3. The molecule has 2 rings (SSSR count). The van der Waals surface area contributed by atoms with Gasteiger partial charge in [-0.3, -0.25) is 4.57 Å². The predicted molar refractivity (Wildman–Crippen MR) is 81.2 cm³/mol. The van der Waals surface area contributed by atoms with E-state index in [1.165, 1.54) is 0 Å². The summed E-state index contributed by atoms with van der Waals surface area (Å²) in [6, 6.07) is 10.1. The summed E-state index contributed by atoms with van der Waals surface area (Å²) in [5, 5.41) is 9.47. The number of nitrogens with zero attached hydrogens (tertiary/aromatic N) is 3. The van der Waals surface area contributed by atoms with Crippen LogP contribution in [0.4, 0.5) is 0 Å². The number of hydrogen-bond acceptors (Lipinski definition) is 3. The van der Waals surface area contributed by atoms with Crippen molar-refractivity contribution in [2.24, 2.45) is 0 Å². The Labute approximate surface area is 118 Å². The zero-order valence-electron chi connectivity index (χ0n) is 11.0. The molecule has 0 aliphatic carbocycles. The quantitative estimate of drug-likeness (QED) is 0.591. The maximum atomic E-state index is 4.30. The van der Waals surface area contributed by atoms with Crippen LogP contribution in [0.1, 0.15) is 6.92 Å². The number of allylic oxidation sites excluding steroid dienone is 1. The monoisotopic (exact) mass is 271 g/mol. The van der Waals surface area contributed by atoms with E-state index in [4.69, 9.17) is 0 Å². The molecular weight excluding hydrogens is 254 g/mol. The van der Waals surface area contributed by atoms with E-state index in [0.29, 0.717) is 6.54 Å². The maximum Gasteiger partial charge on any atom is 0.192 e. The van der Waals surface area contributed by atoms with Gasteiger partial charge in [0.2, 0.25) is 0 Å². The first-order valence-corrected chi connectivity index (χ1v) is 7.07. The molecule has 0 saturated heterocycles. The van der Waals surface area contributed by atoms with Gasteiger partial charge in [0.1, 0.15) is 0 Å². The number of hydrogen-bond donors (Lipinski definition) is 0. The van der Waals surface area contributed by atoms with Crippen molar-refractivity contribution in [1.82, 2.24) is 14.8 Å². The Bertz CT molecular complexity index is 572. The maximum absolute atomic E-state index is 4.30. The van der Waals surface area contributed by atoms with E-state index >= 15 is 0 Å². The lowest BCUT2D eigenvalue weighted by molar-refractivity contribution is 0.731. The molecule has 1 heterocycles. The van der Waals surface area contributed by atoms with Crippen molar-refractivity contribution in [3.8, 4) is 11.4 Å². The molecule has 0 N–H and O–H groups in total. The molecule has 0 radical (unpaired) electrons. The van der Waals surface area contributed by atoms with E-state index in [2.05, 4.69) is 27.9 Å². The van der Waals surface area contributed by atoms with Crippen LogP contribution < -0.4 is 0 Å². The molecule has 0 spiro atoms. The minimum absolute atomic E-state index is 0.704. The highest BCUT2D eigenvalue weighted by atomic mass is 32.2. The average Bonchev–Trinajstić information content (AvgIpc) is 2.81. The summed E-state index contributed by atoms with van der Waals surface area (Å²) in [4.78, 5) is 0. The van der Waals surface area contributed by atoms with Gasteiger partial charge >= 0.3 is 0 Å². The Morgan fingerprint density at radius 3 is 2.68 bits per heavy atom. The molecule has 0 amide bonds. The Balaban J connectivity index is 2.34. The van der Waals surface area contributed by atoms with Crippen LogP contribution >= 0.6 is 11.8 Å². The summed E-state index contributed by atoms with van der Waals surface area (Å²) < 4.78 is 2.08. The van der Waals surface area contributed by atoms with Crippen LogP contribution in [0.5, 0.6) is 0 Å². The van der Waals surface area contributed by atoms with Crippen LogP contribution in [0.3, 0.4) is 0 Å². The molecule has 0 saturated carbocycles. The Morgan fingerprint density at radius 2 is 2.05 bits per heavy atom. The highest BCUT2D eigenvalue weighted by molar-refractivity contribution is 7.99. The zero-order chi connectivity index (χ0) is 13.7. The summed E-state index contributed by atoms with van der Waals surface area (Å²) in [7, 11) is 0. The number of rotatable bonds is 6. The van der Waals surface area contributed by atoms with Crippen LogP contribution in [0, 0.1) is 0 Å². The van der Waals surface area contributed by atoms with Gasteiger partial charge < -0.3 is 0 Å². The van der Waals surface area contributed by atoms with E-state index in [-0.39, 0.29) is 0 Å². The van der Waals surface area contributed by atoms with Crippen LogP contribution in [-0.4, -0.2) is 20.5 Å². The van der Waals surface area contributed by atoms with Gasteiger partial charge in [-0.05, 0) is 6.92 Å². The largest absolute Gasteiger partial charge is 0.298 e. The van der Waals surface area contributed by atoms with Crippen molar-refractivity contribution in [1.29, 1.82) is 0 Å². The van der Waals surface area contributed by atoms with Gasteiger partial charge in [0.25, 0.3) is 0 Å². The Kier molecular flexibility index (Phi) is 4.58. The first kappa shape index (κ1) is 13.6. The Hall–Kier alpha value is -1.81. The minimum atomic E-state index is 0.704. The molecule has 2 aromatic rings. The van der Waals surface area contributed by atoms with Crippen molar-refractivity contribution in [2.45, 2.75) is 18.6 Å². The number of benzene rings is 1. The van der Waals surface area contributed by atoms with Crippen molar-refractivity contribution < 1.29 is 0 Å². The molecule has 19 heavy (non-hydrogen) atoms. The minimum Gasteiger partial charge on any atom is -0.298 e. The lowest BCUT2D eigenvalue weighted by Crippen LogP contribution is -2.00. The van der Waals surface area contributed by atoms with E-state index in [1.54, 1.807) is 11.8 Å². The van der Waals surface area contributed by atoms with E-state index in [1.807, 2.05) is 43.3 Å². The Morgan fingerprint density at radius 1 is 1.32 bits per heavy atom. The van der Waals surface area contributed by atoms with Crippen LogP contribution in [0.25, 0.3) is 11.4 Å². The summed E-state index contributed by atoms with van der Waals surface area (Å²) >= 11 is 1.65. The lowest BCUT2D eigenvalue weighted by Gasteiger charge is -2.07. The van der Waals surface area contributed by atoms with Gasteiger partial charge in [0.15, 0.2) is 11.0 Å². The van der Waals surface area contributed by atoms with Crippen LogP contribution in [0.15, 0.2) is 60.3 Å². The molecule has 1 aromatic carbocycles. The third-order valence-electron chi connectivity index (χ3n) is 2.51. The second-order valence-electron chi connectivity index (χ2n) is 4.32. The van der Waals surface area contributed by atoms with E-state index in [9.17, 15) is 0 Å². The second-order valence-corrected chi connectivity index (χ2v) is 5.26. The molecular formula is C15H17N3S. The fraction of sp³-hybridized carbons (Fsp3) is 0.200. The molecule has 4 heteroatoms. The fourth-order valence-corrected chi connectivity index (χ4v) is 2.47. The van der Waals surface area contributed by atoms with Gasteiger partial charge in [0.05, 0.1) is 0 Å². The average molecular weight is 271 g/mol. The summed E-state index contributed by atoms with van der Waals surface area (Å²) in [6.45, 7) is 10.4. The highest BCUT2D eigenvalue weighted by Crippen LogP contribution is 2.24. The van der Waals surface area contributed by atoms with Crippen LogP contribution in [-0.2, 0) is 6.54 Å². The SMILES string of the molecule is C=CCn1c(SCC(=C)C)nnc1-c1ccccc1. The van der Waals surface area contributed by atoms with Gasteiger partial charge in [-0.2, -0.15) is 0 Å². The molecule has 0 fully saturated rings. The molecule has 98 valence electrons. The first-order valence-electron chi connectivity index (χ1n) is 6.09. The summed E-state index contributed by atoms with van der Waals surface area (Å²) in [5.41, 5.74) is 2.19. The fourth-order valence-electron chi connectivity index (χ4n) is 1.68. The molecule has 3 nitrogen and oxygen atoms in total. The van der Waals surface area contributed by atoms with Crippen molar-refractivity contribution in [2.75, 3.05) is 5.75 Å². The first-order chi connectivity index (χ1) is 9.22. The third kappa shape index (κ3) is 3.35. The number of aromatic nitrogens is 3. The predicted octanol–water partition coefficient (Wildman–Crippen LogP) is 3.80. The number of thioether (sulfide) groups is 1. The van der Waals surface area contributed by atoms with Gasteiger partial charge in [0, 0.05) is 17.9 Å². The van der Waals surface area contributed by atoms with Crippen LogP contribution in [0.2, 0.25) is 0 Å². The smallest absolute Gasteiger partial charge is 0.192 e. The normalized spacial score (nSPS) is 10.4. The van der Waals surface area contributed by atoms with E-state index < -0.39 is 0 Å². The highest BCUT2D eigenvalue weighted by Gasteiger charge is 2.12. The summed E-state index contributed by atoms with van der Waals surface area (Å²) in [6.07, 6.45) is 1.86. The van der Waals surface area contributed by atoms with Crippen molar-refractivity contribution in [3.63, 3.8) is 0 Å². The van der Waals surface area contributed by atoms with Gasteiger partial charge in [-0.25, -0.2) is 0 Å². The molecule has 0 aliphatic rings. The van der Waals surface area contributed by atoms with Gasteiger partial charge in [-0.1, -0.05) is 60.3 Å². The van der Waals surface area contributed by atoms with Crippen molar-refractivity contribution in [3.05, 3.63) is 55.1 Å². The van der Waals surface area contributed by atoms with Crippen molar-refractivity contribution >= 4 is 11.8 Å². The van der Waals surface area contributed by atoms with E-state index in [0.717, 1.165) is 27.9 Å². The molecule has 0 aliphatic heterocycles. The molecule has 0 unspecified atom stereocenters. The topological polar surface area (TPSA) is 30.7 Å². The molecule has 0 bridgehead atoms.